The Morgan fingerprint density at radius 2 is 1.97 bits per heavy atom. The number of rotatable bonds is 7. The topological polar surface area (TPSA) is 112 Å². The second kappa shape index (κ2) is 10.4. The molecule has 9 heteroatoms. The van der Waals surface area contributed by atoms with Gasteiger partial charge in [0.1, 0.15) is 12.2 Å². The number of nitrogens with one attached hydrogen (secondary N) is 2. The highest BCUT2D eigenvalue weighted by molar-refractivity contribution is 5.94. The minimum atomic E-state index is -0.392. The molecule has 1 fully saturated rings. The third-order valence-corrected chi connectivity index (χ3v) is 5.17. The van der Waals surface area contributed by atoms with Gasteiger partial charge in [0.2, 0.25) is 11.9 Å². The summed E-state index contributed by atoms with van der Waals surface area (Å²) in [6, 6.07) is 17.1. The smallest absolute Gasteiger partial charge is 0.238 e. The first-order valence-corrected chi connectivity index (χ1v) is 10.5. The predicted molar refractivity (Wildman–Crippen MR) is 126 cm³/mol. The fourth-order valence-electron chi connectivity index (χ4n) is 3.51. The zero-order chi connectivity index (χ0) is 23.0. The van der Waals surface area contributed by atoms with Crippen LogP contribution < -0.4 is 20.3 Å². The number of ether oxygens (including phenoxy) is 2. The first-order valence-electron chi connectivity index (χ1n) is 10.5. The zero-order valence-corrected chi connectivity index (χ0v) is 18.2. The average Bonchev–Trinajstić information content (AvgIpc) is 2.85. The number of carbonyl (C=O) groups excluding carboxylic acids is 1. The van der Waals surface area contributed by atoms with Crippen LogP contribution in [0, 0.1) is 11.3 Å². The maximum atomic E-state index is 11.7. The summed E-state index contributed by atoms with van der Waals surface area (Å²) in [6.45, 7) is 3.28. The summed E-state index contributed by atoms with van der Waals surface area (Å²) in [5, 5.41) is 14.6. The molecule has 4 rings (SSSR count). The molecule has 1 aliphatic rings. The molecule has 1 aromatic heterocycles. The van der Waals surface area contributed by atoms with Crippen molar-refractivity contribution in [2.24, 2.45) is 0 Å². The molecule has 168 valence electrons. The van der Waals surface area contributed by atoms with Gasteiger partial charge in [-0.25, -0.2) is 9.97 Å². The van der Waals surface area contributed by atoms with E-state index < -0.39 is 5.91 Å². The summed E-state index contributed by atoms with van der Waals surface area (Å²) in [4.78, 5) is 23.0. The second-order valence-electron chi connectivity index (χ2n) is 7.33. The number of aromatic nitrogens is 2. The highest BCUT2D eigenvalue weighted by Gasteiger charge is 2.12. The predicted octanol–water partition coefficient (Wildman–Crippen LogP) is 3.58. The summed E-state index contributed by atoms with van der Waals surface area (Å²) in [5.41, 5.74) is 4.04. The quantitative estimate of drug-likeness (QED) is 0.569. The molecule has 1 amide bonds. The molecule has 0 bridgehead atoms. The first kappa shape index (κ1) is 22.0. The molecule has 9 nitrogen and oxygen atoms in total. The van der Waals surface area contributed by atoms with Gasteiger partial charge in [0.15, 0.2) is 0 Å². The largest absolute Gasteiger partial charge is 0.495 e. The molecule has 2 aromatic carbocycles. The highest BCUT2D eigenvalue weighted by Crippen LogP contribution is 2.30. The molecule has 1 saturated heterocycles. The lowest BCUT2D eigenvalue weighted by Gasteiger charge is -2.28. The van der Waals surface area contributed by atoms with E-state index in [0.717, 1.165) is 43.2 Å². The Hall–Kier alpha value is -4.16. The molecular weight excluding hydrogens is 420 g/mol. The number of anilines is 4. The Balaban J connectivity index is 1.48. The number of hydrogen-bond acceptors (Lipinski definition) is 8. The molecule has 0 saturated carbocycles. The maximum Gasteiger partial charge on any atom is 0.238 e. The van der Waals surface area contributed by atoms with Gasteiger partial charge < -0.3 is 25.0 Å². The second-order valence-corrected chi connectivity index (χ2v) is 7.33. The Morgan fingerprint density at radius 3 is 2.70 bits per heavy atom. The highest BCUT2D eigenvalue weighted by atomic mass is 16.5. The van der Waals surface area contributed by atoms with Gasteiger partial charge in [-0.15, -0.1) is 0 Å². The van der Waals surface area contributed by atoms with E-state index in [-0.39, 0.29) is 6.42 Å². The van der Waals surface area contributed by atoms with E-state index in [1.807, 2.05) is 24.3 Å². The number of amides is 1. The molecule has 0 radical (unpaired) electrons. The number of nitrogens with zero attached hydrogens (tertiary/aromatic N) is 4. The summed E-state index contributed by atoms with van der Waals surface area (Å²) < 4.78 is 10.8. The van der Waals surface area contributed by atoms with E-state index in [2.05, 4.69) is 37.6 Å². The fraction of sp³-hybridized carbons (Fsp3) is 0.250. The molecule has 2 heterocycles. The van der Waals surface area contributed by atoms with Crippen LogP contribution in [0.4, 0.5) is 23.0 Å². The van der Waals surface area contributed by atoms with Crippen LogP contribution in [0.1, 0.15) is 6.42 Å². The van der Waals surface area contributed by atoms with Crippen molar-refractivity contribution in [2.45, 2.75) is 6.42 Å². The van der Waals surface area contributed by atoms with Crippen LogP contribution in [0.5, 0.6) is 5.75 Å². The molecule has 1 aliphatic heterocycles. The van der Waals surface area contributed by atoms with Gasteiger partial charge >= 0.3 is 0 Å². The maximum absolute atomic E-state index is 11.7. The van der Waals surface area contributed by atoms with Crippen LogP contribution in [0.15, 0.2) is 54.7 Å². The van der Waals surface area contributed by atoms with E-state index in [9.17, 15) is 4.79 Å². The van der Waals surface area contributed by atoms with Crippen molar-refractivity contribution in [2.75, 3.05) is 48.9 Å². The third-order valence-electron chi connectivity index (χ3n) is 5.17. The molecule has 3 aromatic rings. The number of methoxy groups -OCH3 is 1. The van der Waals surface area contributed by atoms with Gasteiger partial charge in [0.25, 0.3) is 0 Å². The fourth-order valence-corrected chi connectivity index (χ4v) is 3.51. The Morgan fingerprint density at radius 1 is 1.18 bits per heavy atom. The molecule has 33 heavy (non-hydrogen) atoms. The molecular formula is C24H24N6O3. The van der Waals surface area contributed by atoms with E-state index in [4.69, 9.17) is 14.7 Å². The van der Waals surface area contributed by atoms with Crippen LogP contribution >= 0.6 is 0 Å². The van der Waals surface area contributed by atoms with Crippen molar-refractivity contribution in [1.82, 2.24) is 9.97 Å². The van der Waals surface area contributed by atoms with Crippen LogP contribution in [0.3, 0.4) is 0 Å². The third kappa shape index (κ3) is 5.56. The minimum Gasteiger partial charge on any atom is -0.495 e. The lowest BCUT2D eigenvalue weighted by molar-refractivity contribution is -0.115. The normalized spacial score (nSPS) is 13.2. The average molecular weight is 444 g/mol. The molecule has 0 unspecified atom stereocenters. The van der Waals surface area contributed by atoms with Crippen molar-refractivity contribution in [3.63, 3.8) is 0 Å². The van der Waals surface area contributed by atoms with Gasteiger partial charge in [-0.2, -0.15) is 5.26 Å². The Labute approximate surface area is 192 Å². The molecule has 2 N–H and O–H groups in total. The standard InChI is InChI=1S/C24H24N6O3/c1-32-22-16-17(2-7-21(22)28-23(31)8-10-25)20-9-11-26-24(29-20)27-18-3-5-19(6-4-18)30-12-14-33-15-13-30/h2-7,9,11,16H,8,12-15H2,1H3,(H,28,31)(H,26,27,29). The number of benzene rings is 2. The van der Waals surface area contributed by atoms with Crippen LogP contribution in [-0.2, 0) is 9.53 Å². The molecule has 0 atom stereocenters. The monoisotopic (exact) mass is 444 g/mol. The van der Waals surface area contributed by atoms with Gasteiger partial charge in [0, 0.05) is 36.2 Å². The summed E-state index contributed by atoms with van der Waals surface area (Å²) in [5.74, 6) is 0.555. The number of nitriles is 1. The summed E-state index contributed by atoms with van der Waals surface area (Å²) >= 11 is 0. The summed E-state index contributed by atoms with van der Waals surface area (Å²) in [7, 11) is 1.52. The van der Waals surface area contributed by atoms with Crippen molar-refractivity contribution in [3.8, 4) is 23.1 Å². The first-order chi connectivity index (χ1) is 16.2. The van der Waals surface area contributed by atoms with E-state index >= 15 is 0 Å². The number of morpholine rings is 1. The van der Waals surface area contributed by atoms with Crippen LogP contribution in [-0.4, -0.2) is 49.3 Å². The lowest BCUT2D eigenvalue weighted by Crippen LogP contribution is -2.36. The lowest BCUT2D eigenvalue weighted by atomic mass is 10.1. The Kier molecular flexibility index (Phi) is 6.97. The molecule has 0 spiro atoms. The van der Waals surface area contributed by atoms with Gasteiger partial charge in [-0.3, -0.25) is 4.79 Å². The Bertz CT molecular complexity index is 1150. The van der Waals surface area contributed by atoms with Crippen LogP contribution in [0.25, 0.3) is 11.3 Å². The molecule has 0 aliphatic carbocycles. The minimum absolute atomic E-state index is 0.223. The number of hydrogen-bond donors (Lipinski definition) is 2. The zero-order valence-electron chi connectivity index (χ0n) is 18.2. The SMILES string of the molecule is COc1cc(-c2ccnc(Nc3ccc(N4CCOCC4)cc3)n2)ccc1NC(=O)CC#N. The van der Waals surface area contributed by atoms with Gasteiger partial charge in [-0.1, -0.05) is 6.07 Å². The number of carbonyl (C=O) groups is 1. The van der Waals surface area contributed by atoms with E-state index in [1.165, 1.54) is 7.11 Å². The van der Waals surface area contributed by atoms with Gasteiger partial charge in [0.05, 0.1) is 37.8 Å². The van der Waals surface area contributed by atoms with Crippen molar-refractivity contribution >= 4 is 28.9 Å². The van der Waals surface area contributed by atoms with E-state index in [1.54, 1.807) is 24.4 Å². The van der Waals surface area contributed by atoms with E-state index in [0.29, 0.717) is 23.1 Å². The van der Waals surface area contributed by atoms with Crippen molar-refractivity contribution in [3.05, 3.63) is 54.7 Å². The van der Waals surface area contributed by atoms with Crippen molar-refractivity contribution in [1.29, 1.82) is 5.26 Å². The summed E-state index contributed by atoms with van der Waals surface area (Å²) in [6.07, 6.45) is 1.46. The van der Waals surface area contributed by atoms with Crippen LogP contribution in [0.2, 0.25) is 0 Å². The van der Waals surface area contributed by atoms with Crippen molar-refractivity contribution < 1.29 is 14.3 Å². The van der Waals surface area contributed by atoms with Gasteiger partial charge in [-0.05, 0) is 42.5 Å².